The highest BCUT2D eigenvalue weighted by Crippen LogP contribution is 2.28. The van der Waals surface area contributed by atoms with Crippen LogP contribution in [0.5, 0.6) is 5.75 Å². The molecule has 27 heavy (non-hydrogen) atoms. The molecule has 0 bridgehead atoms. The third-order valence-corrected chi connectivity index (χ3v) is 5.80. The minimum Gasteiger partial charge on any atom is -0.497 e. The zero-order valence-electron chi connectivity index (χ0n) is 15.1. The Morgan fingerprint density at radius 3 is 2.22 bits per heavy atom. The largest absolute Gasteiger partial charge is 0.497 e. The maximum absolute atomic E-state index is 12.6. The van der Waals surface area contributed by atoms with Crippen molar-refractivity contribution in [3.8, 4) is 5.75 Å². The van der Waals surface area contributed by atoms with Crippen LogP contribution in [0.4, 0.5) is 5.69 Å². The number of rotatable bonds is 6. The minimum absolute atomic E-state index is 0.0800. The predicted octanol–water partition coefficient (Wildman–Crippen LogP) is 2.14. The number of ether oxygens (including phenoxy) is 1. The summed E-state index contributed by atoms with van der Waals surface area (Å²) in [5.74, 6) is 0.159. The lowest BCUT2D eigenvalue weighted by molar-refractivity contribution is -0.121. The van der Waals surface area contributed by atoms with Gasteiger partial charge in [-0.1, -0.05) is 12.1 Å². The molecule has 3 rings (SSSR count). The first kappa shape index (κ1) is 19.1. The van der Waals surface area contributed by atoms with Gasteiger partial charge in [-0.3, -0.25) is 14.5 Å². The van der Waals surface area contributed by atoms with Crippen LogP contribution in [0.3, 0.4) is 0 Å². The third-order valence-electron chi connectivity index (χ3n) is 4.40. The summed E-state index contributed by atoms with van der Waals surface area (Å²) in [5.41, 5.74) is 1.77. The minimum atomic E-state index is -3.73. The van der Waals surface area contributed by atoms with Crippen LogP contribution in [0.15, 0.2) is 47.4 Å². The van der Waals surface area contributed by atoms with Gasteiger partial charge in [0.05, 0.1) is 17.7 Å². The highest BCUT2D eigenvalue weighted by molar-refractivity contribution is 7.89. The van der Waals surface area contributed by atoms with E-state index in [9.17, 15) is 18.0 Å². The summed E-state index contributed by atoms with van der Waals surface area (Å²) < 4.78 is 32.7. The van der Waals surface area contributed by atoms with E-state index in [1.807, 2.05) is 0 Å². The molecular weight excluding hydrogens is 368 g/mol. The Bertz CT molecular complexity index is 968. The predicted molar refractivity (Wildman–Crippen MR) is 99.9 cm³/mol. The van der Waals surface area contributed by atoms with Gasteiger partial charge in [0.2, 0.25) is 21.8 Å². The SMILES string of the molecule is COc1ccc(CNS(=O)(=O)c2ccc(N3C(=O)CCC3=O)c(C)c2)cc1. The second kappa shape index (κ2) is 7.50. The van der Waals surface area contributed by atoms with Gasteiger partial charge in [0.25, 0.3) is 0 Å². The maximum Gasteiger partial charge on any atom is 0.240 e. The topological polar surface area (TPSA) is 92.8 Å². The average Bonchev–Trinajstić information content (AvgIpc) is 2.99. The number of imide groups is 1. The Morgan fingerprint density at radius 2 is 1.67 bits per heavy atom. The molecule has 8 heteroatoms. The molecule has 0 spiro atoms. The molecule has 0 radical (unpaired) electrons. The lowest BCUT2D eigenvalue weighted by atomic mass is 10.2. The molecule has 0 aromatic heterocycles. The van der Waals surface area contributed by atoms with Crippen LogP contribution in [0.2, 0.25) is 0 Å². The number of nitrogens with one attached hydrogen (secondary N) is 1. The molecule has 1 fully saturated rings. The van der Waals surface area contributed by atoms with Gasteiger partial charge in [-0.25, -0.2) is 13.1 Å². The molecule has 7 nitrogen and oxygen atoms in total. The van der Waals surface area contributed by atoms with Gasteiger partial charge in [0.15, 0.2) is 0 Å². The Morgan fingerprint density at radius 1 is 1.04 bits per heavy atom. The van der Waals surface area contributed by atoms with E-state index >= 15 is 0 Å². The average molecular weight is 388 g/mol. The lowest BCUT2D eigenvalue weighted by Crippen LogP contribution is -2.29. The normalized spacial score (nSPS) is 14.7. The zero-order chi connectivity index (χ0) is 19.6. The van der Waals surface area contributed by atoms with Crippen molar-refractivity contribution in [1.82, 2.24) is 4.72 Å². The Hall–Kier alpha value is -2.71. The van der Waals surface area contributed by atoms with E-state index in [1.165, 1.54) is 18.2 Å². The van der Waals surface area contributed by atoms with E-state index in [-0.39, 0.29) is 36.1 Å². The molecule has 0 atom stereocenters. The van der Waals surface area contributed by atoms with Gasteiger partial charge in [-0.15, -0.1) is 0 Å². The van der Waals surface area contributed by atoms with Crippen molar-refractivity contribution < 1.29 is 22.7 Å². The van der Waals surface area contributed by atoms with E-state index in [2.05, 4.69) is 4.72 Å². The quantitative estimate of drug-likeness (QED) is 0.766. The summed E-state index contributed by atoms with van der Waals surface area (Å²) in [6.45, 7) is 1.81. The fourth-order valence-corrected chi connectivity index (χ4v) is 4.00. The highest BCUT2D eigenvalue weighted by Gasteiger charge is 2.31. The van der Waals surface area contributed by atoms with Crippen LogP contribution < -0.4 is 14.4 Å². The summed E-state index contributed by atoms with van der Waals surface area (Å²) in [7, 11) is -2.17. The molecule has 2 amide bonds. The molecule has 1 aliphatic rings. The van der Waals surface area contributed by atoms with Gasteiger partial charge in [-0.2, -0.15) is 0 Å². The zero-order valence-corrected chi connectivity index (χ0v) is 15.9. The third kappa shape index (κ3) is 4.01. The maximum atomic E-state index is 12.6. The van der Waals surface area contributed by atoms with Crippen molar-refractivity contribution in [2.24, 2.45) is 0 Å². The summed E-state index contributed by atoms with van der Waals surface area (Å²) in [5, 5.41) is 0. The van der Waals surface area contributed by atoms with E-state index in [1.54, 1.807) is 38.3 Å². The van der Waals surface area contributed by atoms with Crippen LogP contribution in [0, 0.1) is 6.92 Å². The summed E-state index contributed by atoms with van der Waals surface area (Å²) in [4.78, 5) is 25.0. The van der Waals surface area contributed by atoms with Crippen molar-refractivity contribution in [2.75, 3.05) is 12.0 Å². The molecule has 1 aliphatic heterocycles. The van der Waals surface area contributed by atoms with Gasteiger partial charge in [-0.05, 0) is 48.4 Å². The van der Waals surface area contributed by atoms with Crippen molar-refractivity contribution in [2.45, 2.75) is 31.2 Å². The van der Waals surface area contributed by atoms with E-state index in [0.717, 1.165) is 10.5 Å². The van der Waals surface area contributed by atoms with Crippen molar-refractivity contribution in [3.05, 3.63) is 53.6 Å². The van der Waals surface area contributed by atoms with Crippen molar-refractivity contribution in [1.29, 1.82) is 0 Å². The van der Waals surface area contributed by atoms with Crippen LogP contribution >= 0.6 is 0 Å². The van der Waals surface area contributed by atoms with Gasteiger partial charge in [0, 0.05) is 19.4 Å². The number of benzene rings is 2. The Balaban J connectivity index is 1.77. The molecule has 1 saturated heterocycles. The summed E-state index contributed by atoms with van der Waals surface area (Å²) in [6, 6.07) is 11.4. The number of amides is 2. The number of anilines is 1. The number of aryl methyl sites for hydroxylation is 1. The first-order chi connectivity index (χ1) is 12.8. The second-order valence-corrected chi connectivity index (χ2v) is 8.01. The van der Waals surface area contributed by atoms with E-state index in [4.69, 9.17) is 4.74 Å². The van der Waals surface area contributed by atoms with Crippen LogP contribution in [0.25, 0.3) is 0 Å². The van der Waals surface area contributed by atoms with E-state index < -0.39 is 10.0 Å². The Labute approximate surface area is 158 Å². The highest BCUT2D eigenvalue weighted by atomic mass is 32.2. The summed E-state index contributed by atoms with van der Waals surface area (Å²) in [6.07, 6.45) is 0.365. The van der Waals surface area contributed by atoms with Gasteiger partial charge < -0.3 is 4.74 Å². The number of carbonyl (C=O) groups is 2. The molecule has 2 aromatic carbocycles. The lowest BCUT2D eigenvalue weighted by Gasteiger charge is -2.17. The first-order valence-electron chi connectivity index (χ1n) is 8.41. The van der Waals surface area contributed by atoms with Crippen LogP contribution in [-0.2, 0) is 26.2 Å². The molecule has 1 heterocycles. The van der Waals surface area contributed by atoms with Crippen molar-refractivity contribution in [3.63, 3.8) is 0 Å². The van der Waals surface area contributed by atoms with Crippen LogP contribution in [-0.4, -0.2) is 27.3 Å². The monoisotopic (exact) mass is 388 g/mol. The standard InChI is InChI=1S/C19H20N2O5S/c1-13-11-16(7-8-17(13)21-18(22)9-10-19(21)23)27(24,25)20-12-14-3-5-15(26-2)6-4-14/h3-8,11,20H,9-10,12H2,1-2H3. The summed E-state index contributed by atoms with van der Waals surface area (Å²) >= 11 is 0. The molecule has 142 valence electrons. The van der Waals surface area contributed by atoms with Gasteiger partial charge >= 0.3 is 0 Å². The fraction of sp³-hybridized carbons (Fsp3) is 0.263. The van der Waals surface area contributed by atoms with Crippen molar-refractivity contribution >= 4 is 27.5 Å². The molecule has 0 saturated carbocycles. The molecule has 1 N–H and O–H groups in total. The first-order valence-corrected chi connectivity index (χ1v) is 9.89. The second-order valence-electron chi connectivity index (χ2n) is 6.24. The van der Waals surface area contributed by atoms with E-state index in [0.29, 0.717) is 17.0 Å². The number of sulfonamides is 1. The number of carbonyl (C=O) groups excluding carboxylic acids is 2. The van der Waals surface area contributed by atoms with Crippen LogP contribution in [0.1, 0.15) is 24.0 Å². The molecule has 2 aromatic rings. The number of methoxy groups -OCH3 is 1. The molecular formula is C19H20N2O5S. The number of nitrogens with zero attached hydrogens (tertiary/aromatic N) is 1. The Kier molecular flexibility index (Phi) is 5.29. The molecule has 0 aliphatic carbocycles. The van der Waals surface area contributed by atoms with Gasteiger partial charge in [0.1, 0.15) is 5.75 Å². The molecule has 0 unspecified atom stereocenters. The number of hydrogen-bond acceptors (Lipinski definition) is 5. The number of hydrogen-bond donors (Lipinski definition) is 1. The smallest absolute Gasteiger partial charge is 0.240 e. The fourth-order valence-electron chi connectivity index (χ4n) is 2.90.